The van der Waals surface area contributed by atoms with Gasteiger partial charge in [-0.3, -0.25) is 24.6 Å². The van der Waals surface area contributed by atoms with Crippen molar-refractivity contribution in [3.05, 3.63) is 82.3 Å². The molecule has 0 bridgehead atoms. The van der Waals surface area contributed by atoms with Crippen LogP contribution < -0.4 is 4.90 Å². The lowest BCUT2D eigenvalue weighted by atomic mass is 9.47. The molecule has 12 nitrogen and oxygen atoms in total. The molecule has 3 aromatic rings. The molecule has 0 saturated heterocycles. The number of alkyl halides is 3. The zero-order valence-electron chi connectivity index (χ0n) is 38.4. The number of fused-ring (bicyclic) bond motifs is 5. The molecular weight excluding hydrogens is 842 g/mol. The topological polar surface area (TPSA) is 143 Å². The van der Waals surface area contributed by atoms with Crippen LogP contribution in [-0.2, 0) is 30.0 Å². The molecule has 3 fully saturated rings. The smallest absolute Gasteiger partial charge is 0.416 e. The molecule has 1 amide bonds. The third-order valence-corrected chi connectivity index (χ3v) is 15.7. The summed E-state index contributed by atoms with van der Waals surface area (Å²) in [5.74, 6) is 3.23. The lowest BCUT2D eigenvalue weighted by Crippen LogP contribution is -2.51. The fourth-order valence-electron chi connectivity index (χ4n) is 12.2. The summed E-state index contributed by atoms with van der Waals surface area (Å²) in [7, 11) is 1.35. The van der Waals surface area contributed by atoms with Gasteiger partial charge < -0.3 is 18.8 Å². The number of aromatic nitrogens is 2. The summed E-state index contributed by atoms with van der Waals surface area (Å²) in [6.07, 6.45) is 11.9. The van der Waals surface area contributed by atoms with Crippen LogP contribution in [-0.4, -0.2) is 52.5 Å². The van der Waals surface area contributed by atoms with E-state index in [4.69, 9.17) is 14.2 Å². The van der Waals surface area contributed by atoms with Crippen molar-refractivity contribution < 1.29 is 46.7 Å². The van der Waals surface area contributed by atoms with Gasteiger partial charge in [0.25, 0.3) is 5.69 Å². The van der Waals surface area contributed by atoms with Crippen LogP contribution in [0, 0.1) is 56.5 Å². The first-order valence-corrected chi connectivity index (χ1v) is 23.2. The van der Waals surface area contributed by atoms with Gasteiger partial charge in [-0.2, -0.15) is 13.2 Å². The zero-order chi connectivity index (χ0) is 46.8. The first-order valence-electron chi connectivity index (χ1n) is 23.2. The number of benzene rings is 2. The number of amides is 1. The summed E-state index contributed by atoms with van der Waals surface area (Å²) in [5, 5.41) is 11.6. The number of rotatable bonds is 15. The van der Waals surface area contributed by atoms with Gasteiger partial charge in [0.15, 0.2) is 0 Å². The van der Waals surface area contributed by atoms with Gasteiger partial charge in [0.1, 0.15) is 6.10 Å². The molecule has 4 aliphatic rings. The Hall–Kier alpha value is -5.21. The summed E-state index contributed by atoms with van der Waals surface area (Å²) in [4.78, 5) is 55.0. The number of nitro benzene ring substituents is 1. The van der Waals surface area contributed by atoms with E-state index in [1.165, 1.54) is 105 Å². The first kappa shape index (κ1) is 47.7. The van der Waals surface area contributed by atoms with Crippen molar-refractivity contribution in [2.45, 2.75) is 130 Å². The molecule has 8 atom stereocenters. The summed E-state index contributed by atoms with van der Waals surface area (Å²) >= 11 is 0. The van der Waals surface area contributed by atoms with Crippen molar-refractivity contribution in [3.63, 3.8) is 0 Å². The third-order valence-electron chi connectivity index (χ3n) is 15.7. The molecule has 2 aromatic carbocycles. The maximum absolute atomic E-state index is 13.1. The van der Waals surface area contributed by atoms with E-state index >= 15 is 0 Å². The van der Waals surface area contributed by atoms with Crippen molar-refractivity contribution in [1.82, 2.24) is 9.55 Å². The molecule has 1 heterocycles. The maximum Gasteiger partial charge on any atom is 0.416 e. The molecule has 65 heavy (non-hydrogen) atoms. The van der Waals surface area contributed by atoms with E-state index in [2.05, 4.69) is 45.7 Å². The van der Waals surface area contributed by atoms with Crippen LogP contribution in [0.25, 0.3) is 16.9 Å². The quantitative estimate of drug-likeness (QED) is 0.0478. The molecule has 4 aliphatic carbocycles. The van der Waals surface area contributed by atoms with Gasteiger partial charge in [-0.1, -0.05) is 77.7 Å². The van der Waals surface area contributed by atoms with Gasteiger partial charge in [-0.05, 0) is 109 Å². The minimum absolute atomic E-state index is 0.116. The van der Waals surface area contributed by atoms with Crippen molar-refractivity contribution in [3.8, 4) is 16.9 Å². The van der Waals surface area contributed by atoms with Gasteiger partial charge >= 0.3 is 24.2 Å². The number of imidazole rings is 1. The predicted octanol–water partition coefficient (Wildman–Crippen LogP) is 12.3. The van der Waals surface area contributed by atoms with Crippen LogP contribution in [0.3, 0.4) is 0 Å². The Kier molecular flexibility index (Phi) is 14.2. The number of anilines is 1. The second-order valence-corrected chi connectivity index (χ2v) is 19.9. The van der Waals surface area contributed by atoms with Crippen LogP contribution in [0.15, 0.2) is 66.6 Å². The van der Waals surface area contributed by atoms with Crippen molar-refractivity contribution in [2.24, 2.45) is 46.3 Å². The second-order valence-electron chi connectivity index (χ2n) is 19.9. The monoisotopic (exact) mass is 904 g/mol. The SMILES string of the molecule is CC(C)CCC[C@@H](C)[C@H]1CC[C@H]2[C@@H]3CC=C4C[C@@H](OC(=O)CCC(=O)OCOC(=O)N(C)c5ccc([N+](=O)[O-])cc5-n5cnc(-c6ccc(C(F)(F)F)cc6)c5)CC[C@]4(C)[C@H]3CC[C@]12C. The van der Waals surface area contributed by atoms with E-state index in [1.807, 2.05) is 0 Å². The number of ether oxygens (including phenoxy) is 3. The Bertz CT molecular complexity index is 2260. The van der Waals surface area contributed by atoms with Gasteiger partial charge in [-0.15, -0.1) is 0 Å². The lowest BCUT2D eigenvalue weighted by molar-refractivity contribution is -0.384. The summed E-state index contributed by atoms with van der Waals surface area (Å²) in [6.45, 7) is 11.5. The fraction of sp³-hybridized carbons (Fsp3) is 0.600. The number of carbonyl (C=O) groups excluding carboxylic acids is 3. The van der Waals surface area contributed by atoms with E-state index in [1.54, 1.807) is 0 Å². The molecule has 0 spiro atoms. The summed E-state index contributed by atoms with van der Waals surface area (Å²) in [6, 6.07) is 8.08. The fourth-order valence-corrected chi connectivity index (χ4v) is 12.2. The predicted molar refractivity (Wildman–Crippen MR) is 239 cm³/mol. The average molecular weight is 905 g/mol. The zero-order valence-corrected chi connectivity index (χ0v) is 38.4. The maximum atomic E-state index is 13.1. The number of hydrogen-bond donors (Lipinski definition) is 0. The van der Waals surface area contributed by atoms with Crippen LogP contribution >= 0.6 is 0 Å². The van der Waals surface area contributed by atoms with Gasteiger partial charge in [-0.25, -0.2) is 9.78 Å². The summed E-state index contributed by atoms with van der Waals surface area (Å²) in [5.41, 5.74) is 1.77. The number of nitro groups is 1. The number of nitrogens with zero attached hydrogens (tertiary/aromatic N) is 4. The van der Waals surface area contributed by atoms with E-state index in [9.17, 15) is 37.7 Å². The Morgan fingerprint density at radius 2 is 1.69 bits per heavy atom. The number of allylic oxidation sites excluding steroid dienone is 1. The molecular formula is C50H63F3N4O8. The molecule has 352 valence electrons. The molecule has 3 saturated carbocycles. The van der Waals surface area contributed by atoms with Gasteiger partial charge in [0.05, 0.1) is 46.7 Å². The van der Waals surface area contributed by atoms with Crippen LogP contribution in [0.2, 0.25) is 0 Å². The van der Waals surface area contributed by atoms with Crippen molar-refractivity contribution in [2.75, 3.05) is 18.7 Å². The van der Waals surface area contributed by atoms with E-state index in [0.29, 0.717) is 29.2 Å². The Morgan fingerprint density at radius 3 is 2.40 bits per heavy atom. The molecule has 7 rings (SSSR count). The normalized spacial score (nSPS) is 26.6. The Labute approximate surface area is 379 Å². The number of hydrogen-bond acceptors (Lipinski definition) is 9. The molecule has 15 heteroatoms. The molecule has 1 aromatic heterocycles. The van der Waals surface area contributed by atoms with Crippen LogP contribution in [0.1, 0.15) is 124 Å². The first-order chi connectivity index (χ1) is 30.8. The van der Waals surface area contributed by atoms with E-state index in [0.717, 1.165) is 60.0 Å². The highest BCUT2D eigenvalue weighted by molar-refractivity contribution is 5.90. The highest BCUT2D eigenvalue weighted by Crippen LogP contribution is 2.67. The summed E-state index contributed by atoms with van der Waals surface area (Å²) < 4.78 is 56.8. The Balaban J connectivity index is 0.874. The molecule has 0 N–H and O–H groups in total. The van der Waals surface area contributed by atoms with E-state index in [-0.39, 0.29) is 47.1 Å². The van der Waals surface area contributed by atoms with Crippen LogP contribution in [0.4, 0.5) is 29.3 Å². The minimum atomic E-state index is -4.51. The number of esters is 2. The van der Waals surface area contributed by atoms with Crippen molar-refractivity contribution in [1.29, 1.82) is 0 Å². The van der Waals surface area contributed by atoms with Gasteiger partial charge in [0, 0.05) is 37.4 Å². The third kappa shape index (κ3) is 10.3. The second kappa shape index (κ2) is 19.3. The number of non-ortho nitro benzene ring substituents is 1. The highest BCUT2D eigenvalue weighted by atomic mass is 19.4. The molecule has 0 radical (unpaired) electrons. The number of carbonyl (C=O) groups is 3. The Morgan fingerprint density at radius 1 is 0.954 bits per heavy atom. The minimum Gasteiger partial charge on any atom is -0.462 e. The largest absolute Gasteiger partial charge is 0.462 e. The van der Waals surface area contributed by atoms with Crippen molar-refractivity contribution >= 4 is 29.4 Å². The van der Waals surface area contributed by atoms with Gasteiger partial charge in [0.2, 0.25) is 6.79 Å². The van der Waals surface area contributed by atoms with Crippen LogP contribution in [0.5, 0.6) is 0 Å². The number of halogens is 3. The highest BCUT2D eigenvalue weighted by Gasteiger charge is 2.59. The molecule has 0 unspecified atom stereocenters. The van der Waals surface area contributed by atoms with E-state index < -0.39 is 41.5 Å². The lowest BCUT2D eigenvalue weighted by Gasteiger charge is -2.58. The molecule has 0 aliphatic heterocycles. The standard InChI is InChI=1S/C50H63F3N4O8/c1-31(2)8-7-9-32(3)39-17-18-40-38-16-14-35-26-37(22-24-48(35,4)41(38)23-25-49(39,40)5)65-46(59)21-20-45(58)63-30-64-47(60)55(6)43-19-15-36(57(61)62)27-44(43)56-28-42(54-29-56)33-10-12-34(13-11-33)50(51,52)53/h10-15,19,27-29,31-32,37-41H,7-9,16-18,20-26,30H2,1-6H3/t32-,37+,38+,39-,40+,41+,48+,49-/m1/s1. The average Bonchev–Trinajstić information content (AvgIpc) is 3.90.